The molecule has 0 bridgehead atoms. The maximum atomic E-state index is 7.26. The first-order valence-electron chi connectivity index (χ1n) is 22.7. The molecular formula is C57H49BN2O2. The second-order valence-electron chi connectivity index (χ2n) is 18.2. The number of benzene rings is 5. The van der Waals surface area contributed by atoms with Crippen LogP contribution in [0.3, 0.4) is 0 Å². The van der Waals surface area contributed by atoms with Crippen LogP contribution in [0.4, 0.5) is 5.69 Å². The molecule has 5 aromatic rings. The van der Waals surface area contributed by atoms with Gasteiger partial charge in [0.25, 0.3) is 6.71 Å². The smallest absolute Gasteiger partial charge is 0.257 e. The second kappa shape index (κ2) is 15.1. The zero-order chi connectivity index (χ0) is 41.3. The molecule has 1 fully saturated rings. The van der Waals surface area contributed by atoms with Crippen LogP contribution >= 0.6 is 0 Å². The van der Waals surface area contributed by atoms with Crippen LogP contribution in [0.25, 0.3) is 11.1 Å². The molecule has 0 spiro atoms. The lowest BCUT2D eigenvalue weighted by atomic mass is 9.33. The molecule has 4 nitrogen and oxygen atoms in total. The molecule has 1 N–H and O–H groups in total. The first kappa shape index (κ1) is 37.2. The van der Waals surface area contributed by atoms with Gasteiger partial charge in [0.1, 0.15) is 29.1 Å². The molecular weight excluding hydrogens is 755 g/mol. The number of rotatable bonds is 6. The lowest BCUT2D eigenvalue weighted by Crippen LogP contribution is -2.52. The Morgan fingerprint density at radius 3 is 2.44 bits per heavy atom. The third-order valence-electron chi connectivity index (χ3n) is 14.6. The van der Waals surface area contributed by atoms with Crippen molar-refractivity contribution in [3.8, 4) is 34.5 Å². The highest BCUT2D eigenvalue weighted by Crippen LogP contribution is 2.51. The van der Waals surface area contributed by atoms with Crippen LogP contribution in [0.2, 0.25) is 0 Å². The van der Waals surface area contributed by atoms with Crippen LogP contribution in [0, 0.1) is 17.8 Å². The van der Waals surface area contributed by atoms with Gasteiger partial charge in [0.15, 0.2) is 0 Å². The van der Waals surface area contributed by atoms with E-state index in [0.29, 0.717) is 17.8 Å². The highest BCUT2D eigenvalue weighted by molar-refractivity contribution is 6.94. The average molecular weight is 805 g/mol. The van der Waals surface area contributed by atoms with Gasteiger partial charge in [0.05, 0.1) is 17.3 Å². The molecule has 5 aromatic carbocycles. The average Bonchev–Trinajstić information content (AvgIpc) is 3.61. The molecule has 62 heavy (non-hydrogen) atoms. The molecule has 6 atom stereocenters. The van der Waals surface area contributed by atoms with Crippen molar-refractivity contribution < 1.29 is 9.47 Å². The standard InChI is InChI=1S/C57H49BN2O2/c1-36-22-24-42(39-16-8-4-9-17-39)33-51(36)60(56-37(2)23-28-46-45-20-12-13-21-52(45)62-57(46)56)44-27-31-49-55-54(35-44)61-53-34-43(40-18-10-5-11-19-40)26-30-48(53)58(55)47-29-25-41(32-50(47)59-49)38-14-6-3-7-15-38/h3-14,16-21,23,25-26,29-30,32,34-36,38,42,44,46,51,59H,15,22,24,28,33H2,1-2H3/t36?,38?,42-,44?,46?,51?/m1/s1. The molecule has 7 aliphatic rings. The Balaban J connectivity index is 1.03. The minimum Gasteiger partial charge on any atom is -0.459 e. The van der Waals surface area contributed by atoms with Gasteiger partial charge >= 0.3 is 0 Å². The van der Waals surface area contributed by atoms with E-state index in [2.05, 4.69) is 194 Å². The summed E-state index contributed by atoms with van der Waals surface area (Å²) >= 11 is 0. The van der Waals surface area contributed by atoms with Crippen molar-refractivity contribution in [1.82, 2.24) is 4.90 Å². The number of allylic oxidation sites excluding steroid dienone is 9. The minimum absolute atomic E-state index is 0.0372. The number of para-hydroxylation sites is 1. The van der Waals surface area contributed by atoms with Crippen molar-refractivity contribution in [3.05, 3.63) is 208 Å². The van der Waals surface area contributed by atoms with Crippen LogP contribution in [-0.4, -0.2) is 23.7 Å². The van der Waals surface area contributed by atoms with E-state index in [1.165, 1.54) is 50.9 Å². The predicted molar refractivity (Wildman–Crippen MR) is 253 cm³/mol. The number of nitrogens with zero attached hydrogens (tertiary/aromatic N) is 1. The van der Waals surface area contributed by atoms with Gasteiger partial charge in [-0.1, -0.05) is 146 Å². The fourth-order valence-corrected chi connectivity index (χ4v) is 11.4. The lowest BCUT2D eigenvalue weighted by molar-refractivity contribution is 0.124. The maximum Gasteiger partial charge on any atom is 0.257 e. The summed E-state index contributed by atoms with van der Waals surface area (Å²) in [6, 6.07) is 44.2. The molecule has 1 saturated carbocycles. The maximum absolute atomic E-state index is 7.26. The number of hydrogen-bond donors (Lipinski definition) is 1. The molecule has 12 rings (SSSR count). The molecule has 302 valence electrons. The normalized spacial score (nSPS) is 24.9. The first-order valence-corrected chi connectivity index (χ1v) is 22.7. The van der Waals surface area contributed by atoms with Gasteiger partial charge < -0.3 is 19.7 Å². The van der Waals surface area contributed by atoms with E-state index >= 15 is 0 Å². The van der Waals surface area contributed by atoms with Gasteiger partial charge in [-0.15, -0.1) is 0 Å². The lowest BCUT2D eigenvalue weighted by Gasteiger charge is -2.47. The highest BCUT2D eigenvalue weighted by atomic mass is 16.5. The highest BCUT2D eigenvalue weighted by Gasteiger charge is 2.46. The van der Waals surface area contributed by atoms with Crippen molar-refractivity contribution in [3.63, 3.8) is 0 Å². The van der Waals surface area contributed by atoms with Crippen molar-refractivity contribution >= 4 is 23.3 Å². The Hall–Kier alpha value is -6.64. The third-order valence-corrected chi connectivity index (χ3v) is 14.6. The zero-order valence-electron chi connectivity index (χ0n) is 35.4. The van der Waals surface area contributed by atoms with Crippen LogP contribution < -0.4 is 25.7 Å². The van der Waals surface area contributed by atoms with E-state index < -0.39 is 0 Å². The summed E-state index contributed by atoms with van der Waals surface area (Å²) in [6.45, 7) is 4.70. The Kier molecular flexibility index (Phi) is 9.03. The SMILES string of the molecule is CC1=CCC2C(=C1N(C1C#CC3=C4B(c5ccc(C6C=CC=CC6)cc5N3)c3ccc(-c5ccccc5)cc3OC4=C1)C1C[C@H](c3ccccc3)CCC1C)Oc1ccccc12. The van der Waals surface area contributed by atoms with E-state index in [-0.39, 0.29) is 24.7 Å². The summed E-state index contributed by atoms with van der Waals surface area (Å²) in [5.41, 5.74) is 14.4. The molecule has 0 radical (unpaired) electrons. The molecule has 0 saturated heterocycles. The zero-order valence-corrected chi connectivity index (χ0v) is 35.4. The number of ether oxygens (including phenoxy) is 2. The Bertz CT molecular complexity index is 2890. The van der Waals surface area contributed by atoms with Gasteiger partial charge in [0, 0.05) is 28.7 Å². The van der Waals surface area contributed by atoms with Crippen LogP contribution in [-0.2, 0) is 0 Å². The minimum atomic E-state index is -0.284. The predicted octanol–water partition coefficient (Wildman–Crippen LogP) is 11.5. The fraction of sp³-hybridized carbons (Fsp3) is 0.228. The van der Waals surface area contributed by atoms with Gasteiger partial charge in [-0.2, -0.15) is 0 Å². The summed E-state index contributed by atoms with van der Waals surface area (Å²) in [5, 5.41) is 3.91. The Morgan fingerprint density at radius 2 is 1.58 bits per heavy atom. The van der Waals surface area contributed by atoms with Gasteiger partial charge in [0.2, 0.25) is 0 Å². The first-order chi connectivity index (χ1) is 30.6. The molecule has 3 heterocycles. The molecule has 0 aromatic heterocycles. The summed E-state index contributed by atoms with van der Waals surface area (Å²) in [6.07, 6.45) is 19.0. The quantitative estimate of drug-likeness (QED) is 0.137. The monoisotopic (exact) mass is 804 g/mol. The van der Waals surface area contributed by atoms with E-state index in [1.54, 1.807) is 0 Å². The number of nitrogens with one attached hydrogen (secondary N) is 1. The Morgan fingerprint density at radius 1 is 0.758 bits per heavy atom. The fourth-order valence-electron chi connectivity index (χ4n) is 11.4. The van der Waals surface area contributed by atoms with Crippen molar-refractivity contribution in [2.45, 2.75) is 75.8 Å². The van der Waals surface area contributed by atoms with Gasteiger partial charge in [-0.05, 0) is 120 Å². The third kappa shape index (κ3) is 6.22. The molecule has 4 aliphatic carbocycles. The second-order valence-corrected chi connectivity index (χ2v) is 18.2. The molecule has 0 amide bonds. The topological polar surface area (TPSA) is 33.7 Å². The van der Waals surface area contributed by atoms with E-state index in [4.69, 9.17) is 9.47 Å². The molecule has 3 aliphatic heterocycles. The van der Waals surface area contributed by atoms with Gasteiger partial charge in [-0.3, -0.25) is 0 Å². The molecule has 5 unspecified atom stereocenters. The van der Waals surface area contributed by atoms with E-state index in [0.717, 1.165) is 71.1 Å². The van der Waals surface area contributed by atoms with Crippen LogP contribution in [0.1, 0.15) is 80.4 Å². The van der Waals surface area contributed by atoms with Crippen molar-refractivity contribution in [2.75, 3.05) is 5.32 Å². The summed E-state index contributed by atoms with van der Waals surface area (Å²) in [5.74, 6) is 12.9. The largest absolute Gasteiger partial charge is 0.459 e. The van der Waals surface area contributed by atoms with Gasteiger partial charge in [-0.25, -0.2) is 0 Å². The Labute approximate surface area is 366 Å². The number of anilines is 1. The van der Waals surface area contributed by atoms with Crippen LogP contribution in [0.15, 0.2) is 192 Å². The van der Waals surface area contributed by atoms with Crippen molar-refractivity contribution in [1.29, 1.82) is 0 Å². The molecule has 5 heteroatoms. The summed E-state index contributed by atoms with van der Waals surface area (Å²) in [7, 11) is 0. The number of hydrogen-bond acceptors (Lipinski definition) is 4. The summed E-state index contributed by atoms with van der Waals surface area (Å²) < 4.78 is 14.2. The van der Waals surface area contributed by atoms with E-state index in [9.17, 15) is 0 Å². The number of fused-ring (bicyclic) bond motifs is 7. The van der Waals surface area contributed by atoms with Crippen molar-refractivity contribution in [2.24, 2.45) is 5.92 Å². The van der Waals surface area contributed by atoms with Crippen LogP contribution in [0.5, 0.6) is 11.5 Å². The summed E-state index contributed by atoms with van der Waals surface area (Å²) in [4.78, 5) is 2.68. The van der Waals surface area contributed by atoms with E-state index in [1.807, 2.05) is 0 Å².